The van der Waals surface area contributed by atoms with Gasteiger partial charge in [0.2, 0.25) is 0 Å². The van der Waals surface area contributed by atoms with Crippen molar-refractivity contribution in [3.05, 3.63) is 59.6 Å². The number of hydrogen-bond donors (Lipinski definition) is 3. The predicted octanol–water partition coefficient (Wildman–Crippen LogP) is 2.13. The number of rotatable bonds is 6. The van der Waals surface area contributed by atoms with E-state index in [9.17, 15) is 18.7 Å². The maximum Gasteiger partial charge on any atom is 0.314 e. The molecule has 0 bridgehead atoms. The Balaban J connectivity index is 1.72. The second kappa shape index (κ2) is 7.56. The first-order valence-electron chi connectivity index (χ1n) is 6.74. The highest BCUT2D eigenvalue weighted by Gasteiger charge is 2.12. The minimum atomic E-state index is -0.954. The Morgan fingerprint density at radius 3 is 2.55 bits per heavy atom. The summed E-state index contributed by atoms with van der Waals surface area (Å²) in [5, 5.41) is 14.6. The van der Waals surface area contributed by atoms with E-state index in [0.717, 1.165) is 12.1 Å². The van der Waals surface area contributed by atoms with E-state index in [1.54, 1.807) is 12.1 Å². The maximum atomic E-state index is 13.4. The molecule has 1 aromatic heterocycles. The summed E-state index contributed by atoms with van der Waals surface area (Å²) in [7, 11) is 0. The zero-order valence-corrected chi connectivity index (χ0v) is 11.7. The summed E-state index contributed by atoms with van der Waals surface area (Å²) in [6, 6.07) is 6.29. The molecule has 0 aliphatic carbocycles. The van der Waals surface area contributed by atoms with E-state index in [-0.39, 0.29) is 25.1 Å². The summed E-state index contributed by atoms with van der Waals surface area (Å²) >= 11 is 0. The van der Waals surface area contributed by atoms with Crippen LogP contribution in [0.3, 0.4) is 0 Å². The SMILES string of the molecule is O=C(NCCc1c(F)cccc1F)NCC(O)c1ccco1. The second-order valence-electron chi connectivity index (χ2n) is 4.62. The third-order valence-electron chi connectivity index (χ3n) is 3.05. The van der Waals surface area contributed by atoms with Gasteiger partial charge in [0.15, 0.2) is 0 Å². The molecule has 118 valence electrons. The van der Waals surface area contributed by atoms with Crippen molar-refractivity contribution in [2.24, 2.45) is 0 Å². The number of aliphatic hydroxyl groups excluding tert-OH is 1. The predicted molar refractivity (Wildman–Crippen MR) is 75.1 cm³/mol. The highest BCUT2D eigenvalue weighted by molar-refractivity contribution is 5.73. The second-order valence-corrected chi connectivity index (χ2v) is 4.62. The molecule has 22 heavy (non-hydrogen) atoms. The van der Waals surface area contributed by atoms with Gasteiger partial charge in [-0.2, -0.15) is 0 Å². The van der Waals surface area contributed by atoms with Crippen LogP contribution in [0, 0.1) is 11.6 Å². The monoisotopic (exact) mass is 310 g/mol. The Hall–Kier alpha value is -2.41. The molecule has 2 amide bonds. The molecule has 5 nitrogen and oxygen atoms in total. The number of amides is 2. The van der Waals surface area contributed by atoms with Gasteiger partial charge < -0.3 is 20.2 Å². The van der Waals surface area contributed by atoms with Gasteiger partial charge in [-0.25, -0.2) is 13.6 Å². The van der Waals surface area contributed by atoms with E-state index in [1.165, 1.54) is 12.3 Å². The number of furan rings is 1. The van der Waals surface area contributed by atoms with E-state index < -0.39 is 23.8 Å². The molecule has 0 saturated carbocycles. The fraction of sp³-hybridized carbons (Fsp3) is 0.267. The first-order chi connectivity index (χ1) is 10.6. The van der Waals surface area contributed by atoms with E-state index in [4.69, 9.17) is 4.42 Å². The number of urea groups is 1. The zero-order chi connectivity index (χ0) is 15.9. The number of carbonyl (C=O) groups is 1. The molecule has 0 fully saturated rings. The Morgan fingerprint density at radius 1 is 1.18 bits per heavy atom. The van der Waals surface area contributed by atoms with Crippen LogP contribution in [-0.4, -0.2) is 24.2 Å². The number of carbonyl (C=O) groups excluding carboxylic acids is 1. The van der Waals surface area contributed by atoms with Crippen molar-refractivity contribution in [1.29, 1.82) is 0 Å². The Kier molecular flexibility index (Phi) is 5.48. The van der Waals surface area contributed by atoms with Crippen molar-refractivity contribution in [1.82, 2.24) is 10.6 Å². The lowest BCUT2D eigenvalue weighted by Gasteiger charge is -2.11. The molecular formula is C15H16F2N2O3. The van der Waals surface area contributed by atoms with Crippen molar-refractivity contribution in [3.63, 3.8) is 0 Å². The van der Waals surface area contributed by atoms with Crippen LogP contribution in [0.1, 0.15) is 17.4 Å². The molecule has 0 radical (unpaired) electrons. The van der Waals surface area contributed by atoms with Crippen LogP contribution < -0.4 is 10.6 Å². The Morgan fingerprint density at radius 2 is 1.91 bits per heavy atom. The largest absolute Gasteiger partial charge is 0.467 e. The smallest absolute Gasteiger partial charge is 0.314 e. The molecule has 3 N–H and O–H groups in total. The van der Waals surface area contributed by atoms with Gasteiger partial charge in [-0.1, -0.05) is 6.07 Å². The van der Waals surface area contributed by atoms with Crippen molar-refractivity contribution in [2.75, 3.05) is 13.1 Å². The zero-order valence-electron chi connectivity index (χ0n) is 11.7. The summed E-state index contributed by atoms with van der Waals surface area (Å²) in [5.41, 5.74) is -0.0709. The minimum Gasteiger partial charge on any atom is -0.467 e. The molecule has 1 heterocycles. The molecule has 2 aromatic rings. The van der Waals surface area contributed by atoms with E-state index in [2.05, 4.69) is 10.6 Å². The molecular weight excluding hydrogens is 294 g/mol. The maximum absolute atomic E-state index is 13.4. The van der Waals surface area contributed by atoms with E-state index in [0.29, 0.717) is 5.76 Å². The van der Waals surface area contributed by atoms with Gasteiger partial charge in [0, 0.05) is 12.1 Å². The normalized spacial score (nSPS) is 12.0. The lowest BCUT2D eigenvalue weighted by molar-refractivity contribution is 0.148. The summed E-state index contributed by atoms with van der Waals surface area (Å²) in [6.07, 6.45) is 0.499. The van der Waals surface area contributed by atoms with Crippen LogP contribution in [0.2, 0.25) is 0 Å². The Labute approximate surface area is 125 Å². The lowest BCUT2D eigenvalue weighted by Crippen LogP contribution is -2.38. The van der Waals surface area contributed by atoms with Gasteiger partial charge in [0.1, 0.15) is 23.5 Å². The first kappa shape index (κ1) is 16.0. The molecule has 0 aliphatic heterocycles. The third kappa shape index (κ3) is 4.29. The van der Waals surface area contributed by atoms with Crippen molar-refractivity contribution in [3.8, 4) is 0 Å². The fourth-order valence-corrected chi connectivity index (χ4v) is 1.91. The van der Waals surface area contributed by atoms with E-state index in [1.807, 2.05) is 0 Å². The molecule has 1 aromatic carbocycles. The molecule has 7 heteroatoms. The highest BCUT2D eigenvalue weighted by Crippen LogP contribution is 2.12. The number of halogens is 2. The van der Waals surface area contributed by atoms with Crippen molar-refractivity contribution in [2.45, 2.75) is 12.5 Å². The molecule has 0 aliphatic rings. The number of aliphatic hydroxyl groups is 1. The number of benzene rings is 1. The summed E-state index contributed by atoms with van der Waals surface area (Å²) < 4.78 is 31.7. The third-order valence-corrected chi connectivity index (χ3v) is 3.05. The molecule has 0 spiro atoms. The van der Waals surface area contributed by atoms with Crippen LogP contribution in [-0.2, 0) is 6.42 Å². The van der Waals surface area contributed by atoms with Crippen LogP contribution in [0.15, 0.2) is 41.0 Å². The fourth-order valence-electron chi connectivity index (χ4n) is 1.91. The van der Waals surface area contributed by atoms with Gasteiger partial charge in [-0.15, -0.1) is 0 Å². The van der Waals surface area contributed by atoms with Crippen LogP contribution in [0.4, 0.5) is 13.6 Å². The average molecular weight is 310 g/mol. The van der Waals surface area contributed by atoms with Crippen molar-refractivity contribution < 1.29 is 23.1 Å². The molecule has 1 unspecified atom stereocenters. The quantitative estimate of drug-likeness (QED) is 0.765. The Bertz CT molecular complexity index is 597. The number of hydrogen-bond acceptors (Lipinski definition) is 3. The molecule has 2 rings (SSSR count). The van der Waals surface area contributed by atoms with E-state index >= 15 is 0 Å². The summed E-state index contributed by atoms with van der Waals surface area (Å²) in [5.74, 6) is -0.945. The van der Waals surface area contributed by atoms with Gasteiger partial charge in [0.25, 0.3) is 0 Å². The van der Waals surface area contributed by atoms with Crippen LogP contribution >= 0.6 is 0 Å². The van der Waals surface area contributed by atoms with Gasteiger partial charge >= 0.3 is 6.03 Å². The van der Waals surface area contributed by atoms with Crippen LogP contribution in [0.5, 0.6) is 0 Å². The lowest BCUT2D eigenvalue weighted by atomic mass is 10.1. The summed E-state index contributed by atoms with van der Waals surface area (Å²) in [4.78, 5) is 11.5. The van der Waals surface area contributed by atoms with Crippen molar-refractivity contribution >= 4 is 6.03 Å². The van der Waals surface area contributed by atoms with Gasteiger partial charge in [0.05, 0.1) is 12.8 Å². The first-order valence-corrected chi connectivity index (χ1v) is 6.74. The minimum absolute atomic E-state index is 0.0343. The molecule has 0 saturated heterocycles. The highest BCUT2D eigenvalue weighted by atomic mass is 19.1. The van der Waals surface area contributed by atoms with Gasteiger partial charge in [-0.05, 0) is 30.7 Å². The summed E-state index contributed by atoms with van der Waals surface area (Å²) in [6.45, 7) is 0.0357. The van der Waals surface area contributed by atoms with Crippen LogP contribution in [0.25, 0.3) is 0 Å². The molecule has 1 atom stereocenters. The van der Waals surface area contributed by atoms with Gasteiger partial charge in [-0.3, -0.25) is 0 Å². The topological polar surface area (TPSA) is 74.5 Å². The number of nitrogens with one attached hydrogen (secondary N) is 2. The standard InChI is InChI=1S/C15H16F2N2O3/c16-11-3-1-4-12(17)10(11)6-7-18-15(21)19-9-13(20)14-5-2-8-22-14/h1-5,8,13,20H,6-7,9H2,(H2,18,19,21). The average Bonchev–Trinajstić information content (AvgIpc) is 3.02.